The number of anilines is 2. The van der Waals surface area contributed by atoms with Crippen molar-refractivity contribution in [2.24, 2.45) is 0 Å². The van der Waals surface area contributed by atoms with Crippen LogP contribution in [0.3, 0.4) is 0 Å². The SMILES string of the molecule is CN(c1ccncc1)c1ccc(CC(=O)O)cc1. The number of carboxylic acids is 1. The summed E-state index contributed by atoms with van der Waals surface area (Å²) in [6, 6.07) is 11.3. The minimum absolute atomic E-state index is 0.0548. The van der Waals surface area contributed by atoms with Crippen molar-refractivity contribution < 1.29 is 9.90 Å². The van der Waals surface area contributed by atoms with Gasteiger partial charge >= 0.3 is 5.97 Å². The molecule has 92 valence electrons. The summed E-state index contributed by atoms with van der Waals surface area (Å²) in [5, 5.41) is 8.71. The van der Waals surface area contributed by atoms with Crippen LogP contribution in [0, 0.1) is 0 Å². The maximum absolute atomic E-state index is 10.6. The highest BCUT2D eigenvalue weighted by atomic mass is 16.4. The molecule has 0 fully saturated rings. The molecule has 0 aliphatic heterocycles. The van der Waals surface area contributed by atoms with Crippen LogP contribution in [-0.4, -0.2) is 23.1 Å². The average Bonchev–Trinajstić information content (AvgIpc) is 2.39. The van der Waals surface area contributed by atoms with Gasteiger partial charge in [-0.05, 0) is 29.8 Å². The van der Waals surface area contributed by atoms with E-state index in [9.17, 15) is 4.79 Å². The third-order valence-corrected chi connectivity index (χ3v) is 2.73. The van der Waals surface area contributed by atoms with Crippen LogP contribution in [0.1, 0.15) is 5.56 Å². The Balaban J connectivity index is 2.17. The van der Waals surface area contributed by atoms with E-state index in [0.29, 0.717) is 0 Å². The minimum atomic E-state index is -0.815. The number of hydrogen-bond acceptors (Lipinski definition) is 3. The van der Waals surface area contributed by atoms with Crippen molar-refractivity contribution in [2.75, 3.05) is 11.9 Å². The molecule has 2 rings (SSSR count). The second-order valence-corrected chi connectivity index (χ2v) is 4.00. The molecule has 0 aliphatic rings. The third kappa shape index (κ3) is 2.85. The molecule has 1 N–H and O–H groups in total. The molecule has 0 radical (unpaired) electrons. The summed E-state index contributed by atoms with van der Waals surface area (Å²) >= 11 is 0. The summed E-state index contributed by atoms with van der Waals surface area (Å²) in [5.41, 5.74) is 2.85. The van der Waals surface area contributed by atoms with E-state index >= 15 is 0 Å². The zero-order chi connectivity index (χ0) is 13.0. The van der Waals surface area contributed by atoms with Gasteiger partial charge in [-0.1, -0.05) is 12.1 Å². The van der Waals surface area contributed by atoms with Crippen LogP contribution < -0.4 is 4.90 Å². The van der Waals surface area contributed by atoms with Crippen molar-refractivity contribution in [3.63, 3.8) is 0 Å². The molecular weight excluding hydrogens is 228 g/mol. The summed E-state index contributed by atoms with van der Waals surface area (Å²) in [7, 11) is 1.96. The normalized spacial score (nSPS) is 10.1. The predicted octanol–water partition coefficient (Wildman–Crippen LogP) is 2.48. The summed E-state index contributed by atoms with van der Waals surface area (Å²) in [5.74, 6) is -0.815. The number of benzene rings is 1. The molecular formula is C14H14N2O2. The Morgan fingerprint density at radius 3 is 2.22 bits per heavy atom. The zero-order valence-corrected chi connectivity index (χ0v) is 10.1. The highest BCUT2D eigenvalue weighted by Gasteiger charge is 2.04. The summed E-state index contributed by atoms with van der Waals surface area (Å²) in [4.78, 5) is 16.6. The number of aromatic nitrogens is 1. The average molecular weight is 242 g/mol. The standard InChI is InChI=1S/C14H14N2O2/c1-16(13-6-8-15-9-7-13)12-4-2-11(3-5-12)10-14(17)18/h2-9H,10H2,1H3,(H,17,18). The fourth-order valence-corrected chi connectivity index (χ4v) is 1.73. The number of hydrogen-bond donors (Lipinski definition) is 1. The predicted molar refractivity (Wildman–Crippen MR) is 70.1 cm³/mol. The molecule has 2 aromatic rings. The van der Waals surface area contributed by atoms with Crippen molar-refractivity contribution >= 4 is 17.3 Å². The van der Waals surface area contributed by atoms with Gasteiger partial charge in [0.1, 0.15) is 0 Å². The molecule has 1 aromatic carbocycles. The molecule has 0 amide bonds. The van der Waals surface area contributed by atoms with Crippen molar-refractivity contribution in [3.8, 4) is 0 Å². The van der Waals surface area contributed by atoms with E-state index in [1.54, 1.807) is 12.4 Å². The molecule has 1 aromatic heterocycles. The Kier molecular flexibility index (Phi) is 3.57. The van der Waals surface area contributed by atoms with Crippen molar-refractivity contribution in [1.29, 1.82) is 0 Å². The molecule has 0 unspecified atom stereocenters. The lowest BCUT2D eigenvalue weighted by Crippen LogP contribution is -2.09. The number of pyridine rings is 1. The van der Waals surface area contributed by atoms with Gasteiger partial charge in [-0.2, -0.15) is 0 Å². The summed E-state index contributed by atoms with van der Waals surface area (Å²) < 4.78 is 0. The van der Waals surface area contributed by atoms with Crippen molar-refractivity contribution in [1.82, 2.24) is 4.98 Å². The van der Waals surface area contributed by atoms with Gasteiger partial charge in [-0.3, -0.25) is 9.78 Å². The molecule has 0 spiro atoms. The second kappa shape index (κ2) is 5.31. The van der Waals surface area contributed by atoms with Crippen LogP contribution >= 0.6 is 0 Å². The number of carbonyl (C=O) groups is 1. The van der Waals surface area contributed by atoms with E-state index < -0.39 is 5.97 Å². The first-order valence-electron chi connectivity index (χ1n) is 5.61. The van der Waals surface area contributed by atoms with Crippen LogP contribution in [-0.2, 0) is 11.2 Å². The van der Waals surface area contributed by atoms with E-state index in [-0.39, 0.29) is 6.42 Å². The molecule has 18 heavy (non-hydrogen) atoms. The fraction of sp³-hybridized carbons (Fsp3) is 0.143. The van der Waals surface area contributed by atoms with Crippen LogP contribution in [0.2, 0.25) is 0 Å². The highest BCUT2D eigenvalue weighted by Crippen LogP contribution is 2.22. The number of rotatable bonds is 4. The molecule has 4 nitrogen and oxygen atoms in total. The molecule has 4 heteroatoms. The van der Waals surface area contributed by atoms with Crippen LogP contribution in [0.4, 0.5) is 11.4 Å². The molecule has 0 saturated carbocycles. The second-order valence-electron chi connectivity index (χ2n) is 4.00. The summed E-state index contributed by atoms with van der Waals surface area (Å²) in [6.45, 7) is 0. The van der Waals surface area contributed by atoms with Gasteiger partial charge in [0.15, 0.2) is 0 Å². The Hall–Kier alpha value is -2.36. The molecule has 0 saturated heterocycles. The topological polar surface area (TPSA) is 53.4 Å². The quantitative estimate of drug-likeness (QED) is 0.894. The third-order valence-electron chi connectivity index (χ3n) is 2.73. The van der Waals surface area contributed by atoms with Gasteiger partial charge in [-0.15, -0.1) is 0 Å². The van der Waals surface area contributed by atoms with E-state index in [1.807, 2.05) is 48.3 Å². The molecule has 0 atom stereocenters. The minimum Gasteiger partial charge on any atom is -0.481 e. The number of aliphatic carboxylic acids is 1. The van der Waals surface area contributed by atoms with Gasteiger partial charge in [0.05, 0.1) is 6.42 Å². The van der Waals surface area contributed by atoms with Crippen LogP contribution in [0.5, 0.6) is 0 Å². The number of nitrogens with zero attached hydrogens (tertiary/aromatic N) is 2. The van der Waals surface area contributed by atoms with Gasteiger partial charge in [0, 0.05) is 30.8 Å². The molecule has 0 aliphatic carbocycles. The van der Waals surface area contributed by atoms with E-state index in [4.69, 9.17) is 5.11 Å². The van der Waals surface area contributed by atoms with Crippen LogP contribution in [0.15, 0.2) is 48.8 Å². The Morgan fingerprint density at radius 2 is 1.67 bits per heavy atom. The van der Waals surface area contributed by atoms with Crippen molar-refractivity contribution in [3.05, 3.63) is 54.4 Å². The Bertz CT molecular complexity index is 523. The smallest absolute Gasteiger partial charge is 0.307 e. The Labute approximate surface area is 106 Å². The lowest BCUT2D eigenvalue weighted by molar-refractivity contribution is -0.136. The first-order chi connectivity index (χ1) is 8.66. The van der Waals surface area contributed by atoms with E-state index in [0.717, 1.165) is 16.9 Å². The largest absolute Gasteiger partial charge is 0.481 e. The maximum Gasteiger partial charge on any atom is 0.307 e. The van der Waals surface area contributed by atoms with Gasteiger partial charge in [0.2, 0.25) is 0 Å². The zero-order valence-electron chi connectivity index (χ0n) is 10.1. The maximum atomic E-state index is 10.6. The lowest BCUT2D eigenvalue weighted by atomic mass is 10.1. The van der Waals surface area contributed by atoms with Gasteiger partial charge in [0.25, 0.3) is 0 Å². The Morgan fingerprint density at radius 1 is 1.11 bits per heavy atom. The fourth-order valence-electron chi connectivity index (χ4n) is 1.73. The lowest BCUT2D eigenvalue weighted by Gasteiger charge is -2.19. The first kappa shape index (κ1) is 12.1. The van der Waals surface area contributed by atoms with Gasteiger partial charge in [-0.25, -0.2) is 0 Å². The van der Waals surface area contributed by atoms with Crippen LogP contribution in [0.25, 0.3) is 0 Å². The first-order valence-corrected chi connectivity index (χ1v) is 5.61. The van der Waals surface area contributed by atoms with E-state index in [1.165, 1.54) is 0 Å². The van der Waals surface area contributed by atoms with Gasteiger partial charge < -0.3 is 10.0 Å². The van der Waals surface area contributed by atoms with E-state index in [2.05, 4.69) is 4.98 Å². The molecule has 0 bridgehead atoms. The highest BCUT2D eigenvalue weighted by molar-refractivity contribution is 5.71. The monoisotopic (exact) mass is 242 g/mol. The number of carboxylic acid groups (broad SMARTS) is 1. The molecule has 1 heterocycles. The van der Waals surface area contributed by atoms with Crippen molar-refractivity contribution in [2.45, 2.75) is 6.42 Å². The summed E-state index contributed by atoms with van der Waals surface area (Å²) in [6.07, 6.45) is 3.54.